The summed E-state index contributed by atoms with van der Waals surface area (Å²) in [4.78, 5) is 5.46. The van der Waals surface area contributed by atoms with Gasteiger partial charge in [-0.25, -0.2) is 4.98 Å². The van der Waals surface area contributed by atoms with Crippen LogP contribution < -0.4 is 5.32 Å². The highest BCUT2D eigenvalue weighted by molar-refractivity contribution is 9.10. The molecule has 16 heavy (non-hydrogen) atoms. The Kier molecular flexibility index (Phi) is 3.84. The summed E-state index contributed by atoms with van der Waals surface area (Å²) < 4.78 is 0.974. The number of benzene rings is 1. The van der Waals surface area contributed by atoms with E-state index in [2.05, 4.69) is 26.2 Å². The van der Waals surface area contributed by atoms with Crippen LogP contribution in [-0.4, -0.2) is 4.98 Å². The molecule has 84 valence electrons. The first-order chi connectivity index (χ1) is 7.66. The second-order valence-electron chi connectivity index (χ2n) is 3.34. The Balaban J connectivity index is 2.08. The molecule has 5 heteroatoms. The van der Waals surface area contributed by atoms with E-state index in [0.717, 1.165) is 27.4 Å². The summed E-state index contributed by atoms with van der Waals surface area (Å²) >= 11 is 11.0. The van der Waals surface area contributed by atoms with Gasteiger partial charge >= 0.3 is 0 Å². The van der Waals surface area contributed by atoms with Crippen LogP contribution in [0.1, 0.15) is 10.6 Å². The molecule has 0 amide bonds. The van der Waals surface area contributed by atoms with E-state index < -0.39 is 0 Å². The van der Waals surface area contributed by atoms with E-state index in [4.69, 9.17) is 11.6 Å². The van der Waals surface area contributed by atoms with Gasteiger partial charge in [0.15, 0.2) is 0 Å². The molecule has 0 fully saturated rings. The van der Waals surface area contributed by atoms with Gasteiger partial charge in [-0.05, 0) is 41.1 Å². The fourth-order valence-electron chi connectivity index (χ4n) is 1.30. The van der Waals surface area contributed by atoms with Crippen molar-refractivity contribution in [2.75, 3.05) is 5.32 Å². The molecule has 0 aliphatic carbocycles. The maximum Gasteiger partial charge on any atom is 0.0798 e. The molecule has 1 heterocycles. The van der Waals surface area contributed by atoms with E-state index in [-0.39, 0.29) is 0 Å². The van der Waals surface area contributed by atoms with Crippen molar-refractivity contribution in [1.82, 2.24) is 4.98 Å². The molecule has 0 saturated heterocycles. The molecule has 1 aromatic carbocycles. The first kappa shape index (κ1) is 11.9. The summed E-state index contributed by atoms with van der Waals surface area (Å²) in [7, 11) is 0. The number of halogens is 2. The Morgan fingerprint density at radius 2 is 2.31 bits per heavy atom. The van der Waals surface area contributed by atoms with Gasteiger partial charge in [-0.15, -0.1) is 11.3 Å². The molecule has 0 aliphatic rings. The van der Waals surface area contributed by atoms with Crippen molar-refractivity contribution in [3.63, 3.8) is 0 Å². The van der Waals surface area contributed by atoms with E-state index in [1.54, 1.807) is 11.3 Å². The lowest BCUT2D eigenvalue weighted by atomic mass is 10.3. The third kappa shape index (κ3) is 2.75. The lowest BCUT2D eigenvalue weighted by molar-refractivity contribution is 1.12. The van der Waals surface area contributed by atoms with E-state index in [1.165, 1.54) is 4.88 Å². The Hall–Kier alpha value is -0.580. The number of thiazole rings is 1. The summed E-state index contributed by atoms with van der Waals surface area (Å²) in [5, 5.41) is 4.08. The molecule has 2 nitrogen and oxygen atoms in total. The Morgan fingerprint density at radius 1 is 1.50 bits per heavy atom. The van der Waals surface area contributed by atoms with Crippen LogP contribution in [0.2, 0.25) is 5.02 Å². The fraction of sp³-hybridized carbons (Fsp3) is 0.182. The van der Waals surface area contributed by atoms with Crippen LogP contribution in [0.5, 0.6) is 0 Å². The van der Waals surface area contributed by atoms with E-state index in [9.17, 15) is 0 Å². The first-order valence-corrected chi connectivity index (χ1v) is 6.80. The lowest BCUT2D eigenvalue weighted by Gasteiger charge is -2.07. The largest absolute Gasteiger partial charge is 0.379 e. The van der Waals surface area contributed by atoms with Crippen LogP contribution in [0.4, 0.5) is 5.69 Å². The second kappa shape index (κ2) is 5.17. The van der Waals surface area contributed by atoms with Gasteiger partial charge in [0.05, 0.1) is 17.7 Å². The van der Waals surface area contributed by atoms with Crippen molar-refractivity contribution in [1.29, 1.82) is 0 Å². The fourth-order valence-corrected chi connectivity index (χ4v) is 2.84. The molecule has 1 N–H and O–H groups in total. The summed E-state index contributed by atoms with van der Waals surface area (Å²) in [5.74, 6) is 0. The Bertz CT molecular complexity index is 498. The van der Waals surface area contributed by atoms with Crippen LogP contribution in [0.3, 0.4) is 0 Å². The van der Waals surface area contributed by atoms with Gasteiger partial charge in [0.2, 0.25) is 0 Å². The molecule has 0 spiro atoms. The summed E-state index contributed by atoms with van der Waals surface area (Å²) in [6, 6.07) is 5.71. The molecule has 0 radical (unpaired) electrons. The molecule has 0 atom stereocenters. The zero-order chi connectivity index (χ0) is 11.5. The van der Waals surface area contributed by atoms with Gasteiger partial charge in [0.1, 0.15) is 0 Å². The van der Waals surface area contributed by atoms with E-state index >= 15 is 0 Å². The van der Waals surface area contributed by atoms with Gasteiger partial charge in [-0.3, -0.25) is 0 Å². The number of aromatic nitrogens is 1. The van der Waals surface area contributed by atoms with Crippen molar-refractivity contribution < 1.29 is 0 Å². The molecular weight excluding hydrogens is 308 g/mol. The van der Waals surface area contributed by atoms with Crippen LogP contribution in [0.25, 0.3) is 0 Å². The number of hydrogen-bond acceptors (Lipinski definition) is 3. The smallest absolute Gasteiger partial charge is 0.0798 e. The normalized spacial score (nSPS) is 10.4. The van der Waals surface area contributed by atoms with Crippen LogP contribution in [0.15, 0.2) is 28.2 Å². The van der Waals surface area contributed by atoms with E-state index in [0.29, 0.717) is 0 Å². The highest BCUT2D eigenvalue weighted by Crippen LogP contribution is 2.26. The highest BCUT2D eigenvalue weighted by atomic mass is 79.9. The molecule has 0 aliphatic heterocycles. The zero-order valence-corrected chi connectivity index (χ0v) is 11.8. The standard InChI is InChI=1S/C11H10BrClN2S/c1-7-11(16-6-15-7)5-14-10-3-2-8(13)4-9(10)12/h2-4,6,14H,5H2,1H3. The van der Waals surface area contributed by atoms with Gasteiger partial charge in [0, 0.05) is 20.1 Å². The number of nitrogens with zero attached hydrogens (tertiary/aromatic N) is 1. The second-order valence-corrected chi connectivity index (χ2v) is 5.57. The topological polar surface area (TPSA) is 24.9 Å². The maximum atomic E-state index is 5.88. The molecular formula is C11H10BrClN2S. The monoisotopic (exact) mass is 316 g/mol. The number of rotatable bonds is 3. The third-order valence-corrected chi connectivity index (χ3v) is 4.04. The molecule has 0 saturated carbocycles. The molecule has 2 rings (SSSR count). The summed E-state index contributed by atoms with van der Waals surface area (Å²) in [6.45, 7) is 2.81. The van der Waals surface area contributed by atoms with Crippen LogP contribution >= 0.6 is 38.9 Å². The molecule has 1 aromatic heterocycles. The first-order valence-electron chi connectivity index (χ1n) is 4.74. The molecule has 0 unspecified atom stereocenters. The van der Waals surface area contributed by atoms with Gasteiger partial charge in [0.25, 0.3) is 0 Å². The van der Waals surface area contributed by atoms with Crippen molar-refractivity contribution in [2.45, 2.75) is 13.5 Å². The quantitative estimate of drug-likeness (QED) is 0.903. The van der Waals surface area contributed by atoms with Crippen LogP contribution in [0, 0.1) is 6.92 Å². The number of anilines is 1. The summed E-state index contributed by atoms with van der Waals surface area (Å²) in [6.07, 6.45) is 0. The van der Waals surface area contributed by atoms with Gasteiger partial charge in [-0.1, -0.05) is 11.6 Å². The van der Waals surface area contributed by atoms with E-state index in [1.807, 2.05) is 30.6 Å². The zero-order valence-electron chi connectivity index (χ0n) is 8.63. The van der Waals surface area contributed by atoms with Crippen molar-refractivity contribution in [3.8, 4) is 0 Å². The molecule has 2 aromatic rings. The third-order valence-electron chi connectivity index (χ3n) is 2.22. The Labute approximate surface area is 112 Å². The average Bonchev–Trinajstić information content (AvgIpc) is 2.63. The minimum absolute atomic E-state index is 0.728. The van der Waals surface area contributed by atoms with Gasteiger partial charge in [-0.2, -0.15) is 0 Å². The van der Waals surface area contributed by atoms with Crippen molar-refractivity contribution in [2.24, 2.45) is 0 Å². The van der Waals surface area contributed by atoms with Gasteiger partial charge < -0.3 is 5.32 Å². The maximum absolute atomic E-state index is 5.88. The number of hydrogen-bond donors (Lipinski definition) is 1. The minimum atomic E-state index is 0.728. The lowest BCUT2D eigenvalue weighted by Crippen LogP contribution is -1.99. The van der Waals surface area contributed by atoms with Crippen LogP contribution in [-0.2, 0) is 6.54 Å². The van der Waals surface area contributed by atoms with Crippen molar-refractivity contribution >= 4 is 44.6 Å². The molecule has 0 bridgehead atoms. The highest BCUT2D eigenvalue weighted by Gasteiger charge is 2.03. The van der Waals surface area contributed by atoms with Crippen molar-refractivity contribution in [3.05, 3.63) is 43.8 Å². The Morgan fingerprint density at radius 3 is 2.94 bits per heavy atom. The number of aryl methyl sites for hydroxylation is 1. The average molecular weight is 318 g/mol. The predicted molar refractivity (Wildman–Crippen MR) is 73.3 cm³/mol. The SMILES string of the molecule is Cc1ncsc1CNc1ccc(Cl)cc1Br. The predicted octanol–water partition coefficient (Wildman–Crippen LogP) is 4.48. The summed E-state index contributed by atoms with van der Waals surface area (Å²) in [5.41, 5.74) is 3.99. The minimum Gasteiger partial charge on any atom is -0.379 e. The number of nitrogens with one attached hydrogen (secondary N) is 1.